The van der Waals surface area contributed by atoms with Crippen molar-refractivity contribution < 1.29 is 24.0 Å². The summed E-state index contributed by atoms with van der Waals surface area (Å²) in [6.45, 7) is 2.90. The summed E-state index contributed by atoms with van der Waals surface area (Å²) in [6, 6.07) is 5.38. The monoisotopic (exact) mass is 472 g/mol. The molecule has 0 radical (unpaired) electrons. The Morgan fingerprint density at radius 2 is 2.12 bits per heavy atom. The Kier molecular flexibility index (Phi) is 6.80. The van der Waals surface area contributed by atoms with Crippen LogP contribution in [0.3, 0.4) is 0 Å². The number of nitrogens with one attached hydrogen (secondary N) is 1. The molecular formula is C22H24N4O6S. The first-order valence-electron chi connectivity index (χ1n) is 10.5. The smallest absolute Gasteiger partial charge is 0.338 e. The molecule has 3 aliphatic rings. The van der Waals surface area contributed by atoms with Crippen molar-refractivity contribution in [2.45, 2.75) is 38.3 Å². The fourth-order valence-electron chi connectivity index (χ4n) is 4.09. The summed E-state index contributed by atoms with van der Waals surface area (Å²) in [5.74, 6) is -0.704. The zero-order valence-electron chi connectivity index (χ0n) is 18.3. The molecule has 1 aromatic rings. The third kappa shape index (κ3) is 4.79. The van der Waals surface area contributed by atoms with Gasteiger partial charge in [-0.15, -0.1) is 0 Å². The first-order chi connectivity index (χ1) is 15.9. The SMILES string of the molecule is COC(=O)C1=C(C)N=C2SC=C(CC(=O)NC[C@H]3CCCO3)N2[C@H]1c1ccc([N+](=O)[O-])cc1. The number of methoxy groups -OCH3 is 1. The van der Waals surface area contributed by atoms with Crippen LogP contribution in [0.2, 0.25) is 0 Å². The van der Waals surface area contributed by atoms with E-state index in [2.05, 4.69) is 10.3 Å². The largest absolute Gasteiger partial charge is 0.466 e. The molecule has 10 nitrogen and oxygen atoms in total. The lowest BCUT2D eigenvalue weighted by Crippen LogP contribution is -2.38. The molecule has 1 amide bonds. The van der Waals surface area contributed by atoms with Crippen molar-refractivity contribution in [3.05, 3.63) is 62.3 Å². The predicted molar refractivity (Wildman–Crippen MR) is 122 cm³/mol. The van der Waals surface area contributed by atoms with E-state index >= 15 is 0 Å². The van der Waals surface area contributed by atoms with Gasteiger partial charge in [-0.05, 0) is 42.9 Å². The predicted octanol–water partition coefficient (Wildman–Crippen LogP) is 3.03. The average molecular weight is 473 g/mol. The van der Waals surface area contributed by atoms with Crippen LogP contribution >= 0.6 is 11.8 Å². The molecule has 4 rings (SSSR count). The number of nitro benzene ring substituents is 1. The fraction of sp³-hybridized carbons (Fsp3) is 0.409. The van der Waals surface area contributed by atoms with Gasteiger partial charge < -0.3 is 19.7 Å². The number of benzene rings is 1. The van der Waals surface area contributed by atoms with E-state index in [0.29, 0.717) is 34.2 Å². The Labute approximate surface area is 194 Å². The van der Waals surface area contributed by atoms with Crippen molar-refractivity contribution in [2.75, 3.05) is 20.3 Å². The minimum absolute atomic E-state index is 0.0392. The number of non-ortho nitro benzene ring substituents is 1. The van der Waals surface area contributed by atoms with Gasteiger partial charge in [-0.2, -0.15) is 0 Å². The third-order valence-corrected chi connectivity index (χ3v) is 6.61. The summed E-state index contributed by atoms with van der Waals surface area (Å²) >= 11 is 1.37. The highest BCUT2D eigenvalue weighted by molar-refractivity contribution is 8.16. The van der Waals surface area contributed by atoms with Gasteiger partial charge in [0, 0.05) is 31.0 Å². The molecule has 1 N–H and O–H groups in total. The lowest BCUT2D eigenvalue weighted by atomic mass is 9.93. The Bertz CT molecular complexity index is 1060. The van der Waals surface area contributed by atoms with E-state index in [4.69, 9.17) is 9.47 Å². The molecule has 1 saturated heterocycles. The van der Waals surface area contributed by atoms with Gasteiger partial charge >= 0.3 is 5.97 Å². The number of nitrogens with zero attached hydrogens (tertiary/aromatic N) is 3. The van der Waals surface area contributed by atoms with E-state index in [9.17, 15) is 19.7 Å². The molecule has 33 heavy (non-hydrogen) atoms. The van der Waals surface area contributed by atoms with E-state index in [1.807, 2.05) is 10.3 Å². The Hall–Kier alpha value is -3.18. The number of fused-ring (bicyclic) bond motifs is 1. The topological polar surface area (TPSA) is 123 Å². The standard InChI is InChI=1S/C22H24N4O6S/c1-13-19(21(28)31-2)20(14-5-7-15(8-6-14)26(29)30)25-16(12-33-22(25)24-13)10-18(27)23-11-17-4-3-9-32-17/h5-8,12,17,20H,3-4,9-11H2,1-2H3,(H,23,27)/t17-,20+/m1/s1. The van der Waals surface area contributed by atoms with Gasteiger partial charge in [0.2, 0.25) is 5.91 Å². The number of rotatable bonds is 7. The first-order valence-corrected chi connectivity index (χ1v) is 11.4. The number of nitro groups is 1. The highest BCUT2D eigenvalue weighted by Crippen LogP contribution is 2.45. The molecule has 3 aliphatic heterocycles. The zero-order valence-corrected chi connectivity index (χ0v) is 19.1. The number of amidine groups is 1. The normalized spacial score (nSPS) is 21.9. The number of thioether (sulfide) groups is 1. The zero-order chi connectivity index (χ0) is 23.5. The van der Waals surface area contributed by atoms with Crippen LogP contribution in [-0.4, -0.2) is 53.2 Å². The highest BCUT2D eigenvalue weighted by atomic mass is 32.2. The van der Waals surface area contributed by atoms with Crippen molar-refractivity contribution >= 4 is 34.5 Å². The minimum atomic E-state index is -0.627. The second kappa shape index (κ2) is 9.75. The fourth-order valence-corrected chi connectivity index (χ4v) is 5.06. The number of hydrogen-bond acceptors (Lipinski definition) is 9. The quantitative estimate of drug-likeness (QED) is 0.365. The van der Waals surface area contributed by atoms with E-state index in [1.165, 1.54) is 31.0 Å². The Morgan fingerprint density at radius 3 is 2.76 bits per heavy atom. The van der Waals surface area contributed by atoms with Crippen LogP contribution in [0, 0.1) is 10.1 Å². The molecular weight excluding hydrogens is 448 g/mol. The molecule has 0 bridgehead atoms. The van der Waals surface area contributed by atoms with Crippen molar-refractivity contribution in [3.8, 4) is 0 Å². The van der Waals surface area contributed by atoms with Crippen molar-refractivity contribution in [1.29, 1.82) is 0 Å². The highest BCUT2D eigenvalue weighted by Gasteiger charge is 2.41. The number of aliphatic imine (C=N–C) groups is 1. The van der Waals surface area contributed by atoms with E-state index in [-0.39, 0.29) is 24.1 Å². The molecule has 1 aromatic carbocycles. The van der Waals surface area contributed by atoms with Crippen LogP contribution in [-0.2, 0) is 19.1 Å². The molecule has 2 atom stereocenters. The summed E-state index contributed by atoms with van der Waals surface area (Å²) in [5, 5.41) is 16.5. The van der Waals surface area contributed by atoms with E-state index in [1.54, 1.807) is 19.1 Å². The van der Waals surface area contributed by atoms with Gasteiger partial charge in [-0.3, -0.25) is 14.9 Å². The van der Waals surface area contributed by atoms with E-state index in [0.717, 1.165) is 19.4 Å². The molecule has 3 heterocycles. The maximum absolute atomic E-state index is 12.7. The second-order valence-electron chi connectivity index (χ2n) is 7.85. The number of ether oxygens (including phenoxy) is 2. The maximum atomic E-state index is 12.7. The molecule has 0 aromatic heterocycles. The minimum Gasteiger partial charge on any atom is -0.466 e. The van der Waals surface area contributed by atoms with Gasteiger partial charge in [0.05, 0.1) is 41.9 Å². The molecule has 0 spiro atoms. The van der Waals surface area contributed by atoms with Crippen LogP contribution < -0.4 is 5.32 Å². The Morgan fingerprint density at radius 1 is 1.36 bits per heavy atom. The van der Waals surface area contributed by atoms with Gasteiger partial charge in [-0.1, -0.05) is 11.8 Å². The summed E-state index contributed by atoms with van der Waals surface area (Å²) < 4.78 is 10.6. The third-order valence-electron chi connectivity index (χ3n) is 5.72. The lowest BCUT2D eigenvalue weighted by Gasteiger charge is -2.36. The first kappa shape index (κ1) is 23.0. The average Bonchev–Trinajstić information content (AvgIpc) is 3.46. The summed E-state index contributed by atoms with van der Waals surface area (Å²) in [6.07, 6.45) is 2.05. The molecule has 174 valence electrons. The Balaban J connectivity index is 1.61. The van der Waals surface area contributed by atoms with Gasteiger partial charge in [0.15, 0.2) is 5.17 Å². The number of amides is 1. The molecule has 11 heteroatoms. The molecule has 1 fully saturated rings. The number of esters is 1. The van der Waals surface area contributed by atoms with Gasteiger partial charge in [0.25, 0.3) is 5.69 Å². The maximum Gasteiger partial charge on any atom is 0.338 e. The van der Waals surface area contributed by atoms with Crippen LogP contribution in [0.15, 0.2) is 51.6 Å². The summed E-state index contributed by atoms with van der Waals surface area (Å²) in [5.41, 5.74) is 2.11. The van der Waals surface area contributed by atoms with E-state index < -0.39 is 16.9 Å². The van der Waals surface area contributed by atoms with Crippen molar-refractivity contribution in [3.63, 3.8) is 0 Å². The molecule has 0 unspecified atom stereocenters. The van der Waals surface area contributed by atoms with Crippen LogP contribution in [0.5, 0.6) is 0 Å². The number of carbonyl (C=O) groups is 2. The summed E-state index contributed by atoms with van der Waals surface area (Å²) in [4.78, 5) is 42.4. The summed E-state index contributed by atoms with van der Waals surface area (Å²) in [7, 11) is 1.29. The van der Waals surface area contributed by atoms with Crippen LogP contribution in [0.4, 0.5) is 5.69 Å². The number of hydrogen-bond donors (Lipinski definition) is 1. The van der Waals surface area contributed by atoms with Gasteiger partial charge in [-0.25, -0.2) is 9.79 Å². The number of carbonyl (C=O) groups excluding carboxylic acids is 2. The molecule has 0 saturated carbocycles. The van der Waals surface area contributed by atoms with Gasteiger partial charge in [0.1, 0.15) is 0 Å². The van der Waals surface area contributed by atoms with Crippen molar-refractivity contribution in [2.24, 2.45) is 4.99 Å². The van der Waals surface area contributed by atoms with Crippen LogP contribution in [0.25, 0.3) is 0 Å². The second-order valence-corrected chi connectivity index (χ2v) is 8.69. The number of allylic oxidation sites excluding steroid dienone is 1. The van der Waals surface area contributed by atoms with Crippen molar-refractivity contribution in [1.82, 2.24) is 10.2 Å². The lowest BCUT2D eigenvalue weighted by molar-refractivity contribution is -0.384. The molecule has 0 aliphatic carbocycles. The van der Waals surface area contributed by atoms with Crippen LogP contribution in [0.1, 0.15) is 37.8 Å².